The summed E-state index contributed by atoms with van der Waals surface area (Å²) in [7, 11) is 0. The van der Waals surface area contributed by atoms with Gasteiger partial charge in [0.05, 0.1) is 0 Å². The quantitative estimate of drug-likeness (QED) is 0.441. The highest BCUT2D eigenvalue weighted by Crippen LogP contribution is 2.31. The van der Waals surface area contributed by atoms with Crippen LogP contribution in [0.1, 0.15) is 48.0 Å². The van der Waals surface area contributed by atoms with Crippen LogP contribution in [0.25, 0.3) is 0 Å². The van der Waals surface area contributed by atoms with Gasteiger partial charge in [-0.15, -0.1) is 0 Å². The highest BCUT2D eigenvalue weighted by Gasteiger charge is 2.25. The first-order chi connectivity index (χ1) is 16.0. The van der Waals surface area contributed by atoms with Crippen molar-refractivity contribution in [1.82, 2.24) is 4.90 Å². The molecule has 2 aromatic carbocycles. The number of nitrogens with zero attached hydrogens (tertiary/aromatic N) is 1. The van der Waals surface area contributed by atoms with Gasteiger partial charge in [0.15, 0.2) is 11.5 Å². The van der Waals surface area contributed by atoms with Crippen LogP contribution in [0.15, 0.2) is 42.5 Å². The molecule has 0 saturated heterocycles. The lowest BCUT2D eigenvalue weighted by Gasteiger charge is -2.30. The molecule has 174 valence electrons. The second kappa shape index (κ2) is 10.4. The van der Waals surface area contributed by atoms with E-state index in [9.17, 15) is 9.59 Å². The van der Waals surface area contributed by atoms with Crippen LogP contribution in [0.2, 0.25) is 0 Å². The largest absolute Gasteiger partial charge is 0.486 e. The van der Waals surface area contributed by atoms with E-state index in [1.54, 1.807) is 47.4 Å². The summed E-state index contributed by atoms with van der Waals surface area (Å²) in [6, 6.07) is 11.9. The third-order valence-corrected chi connectivity index (χ3v) is 6.09. The van der Waals surface area contributed by atoms with Gasteiger partial charge in [0.25, 0.3) is 5.91 Å². The maximum Gasteiger partial charge on any atom is 0.254 e. The van der Waals surface area contributed by atoms with Gasteiger partial charge in [-0.3, -0.25) is 15.0 Å². The zero-order valence-electron chi connectivity index (χ0n) is 18.6. The van der Waals surface area contributed by atoms with Gasteiger partial charge >= 0.3 is 0 Å². The molecule has 4 rings (SSSR count). The molecule has 0 atom stereocenters. The molecule has 4 N–H and O–H groups in total. The van der Waals surface area contributed by atoms with Crippen molar-refractivity contribution in [3.8, 4) is 11.5 Å². The Hall–Kier alpha value is -3.55. The lowest BCUT2D eigenvalue weighted by molar-refractivity contribution is -0.117. The van der Waals surface area contributed by atoms with Crippen LogP contribution in [0, 0.1) is 11.3 Å². The summed E-state index contributed by atoms with van der Waals surface area (Å²) < 4.78 is 11.2. The molecule has 0 bridgehead atoms. The molecular weight excluding hydrogens is 420 g/mol. The van der Waals surface area contributed by atoms with Crippen LogP contribution in [0.3, 0.4) is 0 Å². The Bertz CT molecular complexity index is 1020. The van der Waals surface area contributed by atoms with Gasteiger partial charge in [-0.2, -0.15) is 0 Å². The number of nitrogens with one attached hydrogen (secondary N) is 2. The van der Waals surface area contributed by atoms with E-state index in [4.69, 9.17) is 20.6 Å². The minimum absolute atomic E-state index is 0.0310. The van der Waals surface area contributed by atoms with Gasteiger partial charge in [0.1, 0.15) is 25.6 Å². The summed E-state index contributed by atoms with van der Waals surface area (Å²) in [6.07, 6.45) is 5.68. The van der Waals surface area contributed by atoms with Crippen molar-refractivity contribution >= 4 is 23.3 Å². The number of rotatable bonds is 7. The fraction of sp³-hybridized carbons (Fsp3) is 0.400. The van der Waals surface area contributed by atoms with Crippen molar-refractivity contribution in [2.45, 2.75) is 32.1 Å². The highest BCUT2D eigenvalue weighted by atomic mass is 16.6. The number of carbonyl (C=O) groups excluding carboxylic acids is 2. The lowest BCUT2D eigenvalue weighted by atomic mass is 9.89. The van der Waals surface area contributed by atoms with Crippen molar-refractivity contribution < 1.29 is 19.1 Å². The second-order valence-electron chi connectivity index (χ2n) is 8.59. The summed E-state index contributed by atoms with van der Waals surface area (Å²) >= 11 is 0. The molecule has 0 aromatic heterocycles. The molecule has 8 nitrogen and oxygen atoms in total. The summed E-state index contributed by atoms with van der Waals surface area (Å²) in [4.78, 5) is 27.9. The maximum atomic E-state index is 13.4. The van der Waals surface area contributed by atoms with Crippen molar-refractivity contribution in [3.05, 3.63) is 53.6 Å². The Morgan fingerprint density at radius 1 is 0.970 bits per heavy atom. The number of amides is 2. The van der Waals surface area contributed by atoms with Crippen molar-refractivity contribution in [3.63, 3.8) is 0 Å². The number of anilines is 1. The fourth-order valence-corrected chi connectivity index (χ4v) is 4.37. The van der Waals surface area contributed by atoms with Crippen LogP contribution in [-0.2, 0) is 4.79 Å². The molecule has 2 amide bonds. The zero-order valence-corrected chi connectivity index (χ0v) is 18.6. The van der Waals surface area contributed by atoms with Crippen LogP contribution in [0.5, 0.6) is 11.5 Å². The number of carbonyl (C=O) groups is 2. The first kappa shape index (κ1) is 22.6. The van der Waals surface area contributed by atoms with Crippen molar-refractivity contribution in [2.75, 3.05) is 31.6 Å². The number of amidine groups is 1. The van der Waals surface area contributed by atoms with Gasteiger partial charge < -0.3 is 25.4 Å². The van der Waals surface area contributed by atoms with Crippen LogP contribution < -0.4 is 20.5 Å². The standard InChI is InChI=1S/C25H30N4O4/c26-24(27)18-6-9-20(10-7-18)28-23(30)16-29(15-17-4-2-1-3-5-17)25(31)19-8-11-21-22(14-19)33-13-12-32-21/h6-11,14,17H,1-5,12-13,15-16H2,(H3,26,27)(H,28,30). The molecule has 33 heavy (non-hydrogen) atoms. The average Bonchev–Trinajstić information content (AvgIpc) is 2.84. The number of benzene rings is 2. The number of nitrogen functional groups attached to an aromatic ring is 1. The summed E-state index contributed by atoms with van der Waals surface area (Å²) in [5, 5.41) is 10.3. The molecule has 2 aliphatic rings. The first-order valence-corrected chi connectivity index (χ1v) is 11.4. The monoisotopic (exact) mass is 450 g/mol. The molecule has 1 saturated carbocycles. The summed E-state index contributed by atoms with van der Waals surface area (Å²) in [6.45, 7) is 1.44. The number of ether oxygens (including phenoxy) is 2. The van der Waals surface area contributed by atoms with Crippen LogP contribution >= 0.6 is 0 Å². The minimum Gasteiger partial charge on any atom is -0.486 e. The molecule has 1 aliphatic heterocycles. The number of nitrogens with two attached hydrogens (primary N) is 1. The van der Waals surface area contributed by atoms with Gasteiger partial charge in [0.2, 0.25) is 5.91 Å². The molecular formula is C25H30N4O4. The molecule has 1 heterocycles. The maximum absolute atomic E-state index is 13.4. The zero-order chi connectivity index (χ0) is 23.2. The molecule has 1 aliphatic carbocycles. The van der Waals surface area contributed by atoms with E-state index in [0.717, 1.165) is 25.7 Å². The van der Waals surface area contributed by atoms with Crippen molar-refractivity contribution in [2.24, 2.45) is 11.7 Å². The normalized spacial score (nSPS) is 15.5. The van der Waals surface area contributed by atoms with E-state index in [2.05, 4.69) is 5.32 Å². The first-order valence-electron chi connectivity index (χ1n) is 11.4. The average molecular weight is 451 g/mol. The molecule has 0 spiro atoms. The third kappa shape index (κ3) is 5.83. The Kier molecular flexibility index (Phi) is 7.12. The van der Waals surface area contributed by atoms with Crippen LogP contribution in [-0.4, -0.2) is 48.9 Å². The summed E-state index contributed by atoms with van der Waals surface area (Å²) in [5.41, 5.74) is 7.14. The minimum atomic E-state index is -0.271. The van der Waals surface area contributed by atoms with Crippen molar-refractivity contribution in [1.29, 1.82) is 5.41 Å². The molecule has 1 fully saturated rings. The van der Waals surface area contributed by atoms with E-state index in [1.807, 2.05) is 0 Å². The van der Waals surface area contributed by atoms with Crippen LogP contribution in [0.4, 0.5) is 5.69 Å². The molecule has 0 unspecified atom stereocenters. The smallest absolute Gasteiger partial charge is 0.254 e. The van der Waals surface area contributed by atoms with E-state index in [0.29, 0.717) is 54.0 Å². The lowest BCUT2D eigenvalue weighted by Crippen LogP contribution is -2.41. The molecule has 0 radical (unpaired) electrons. The van der Waals surface area contributed by atoms with E-state index in [-0.39, 0.29) is 24.2 Å². The van der Waals surface area contributed by atoms with Gasteiger partial charge in [0, 0.05) is 23.4 Å². The van der Waals surface area contributed by atoms with E-state index in [1.165, 1.54) is 6.42 Å². The predicted octanol–water partition coefficient (Wildman–Crippen LogP) is 3.40. The summed E-state index contributed by atoms with van der Waals surface area (Å²) in [5.74, 6) is 1.08. The SMILES string of the molecule is N=C(N)c1ccc(NC(=O)CN(CC2CCCCC2)C(=O)c2ccc3c(c2)OCCO3)cc1. The van der Waals surface area contributed by atoms with Gasteiger partial charge in [-0.05, 0) is 61.2 Å². The van der Waals surface area contributed by atoms with E-state index >= 15 is 0 Å². The van der Waals surface area contributed by atoms with E-state index < -0.39 is 0 Å². The number of fused-ring (bicyclic) bond motifs is 1. The Labute approximate surface area is 193 Å². The number of hydrogen-bond acceptors (Lipinski definition) is 5. The van der Waals surface area contributed by atoms with Gasteiger partial charge in [-0.25, -0.2) is 0 Å². The second-order valence-corrected chi connectivity index (χ2v) is 8.59. The molecule has 8 heteroatoms. The number of hydrogen-bond donors (Lipinski definition) is 3. The Morgan fingerprint density at radius 3 is 2.33 bits per heavy atom. The van der Waals surface area contributed by atoms with Gasteiger partial charge in [-0.1, -0.05) is 19.3 Å². The Morgan fingerprint density at radius 2 is 1.64 bits per heavy atom. The fourth-order valence-electron chi connectivity index (χ4n) is 4.37. The third-order valence-electron chi connectivity index (χ3n) is 6.09. The Balaban J connectivity index is 1.48. The highest BCUT2D eigenvalue weighted by molar-refractivity contribution is 6.00. The predicted molar refractivity (Wildman–Crippen MR) is 126 cm³/mol. The molecule has 2 aromatic rings. The topological polar surface area (TPSA) is 118 Å².